The summed E-state index contributed by atoms with van der Waals surface area (Å²) in [7, 11) is 0. The third-order valence-electron chi connectivity index (χ3n) is 4.57. The molecule has 0 radical (unpaired) electrons. The third-order valence-corrected chi connectivity index (χ3v) is 4.57. The van der Waals surface area contributed by atoms with Gasteiger partial charge in [-0.1, -0.05) is 18.2 Å². The lowest BCUT2D eigenvalue weighted by atomic mass is 9.76. The summed E-state index contributed by atoms with van der Waals surface area (Å²) < 4.78 is 44.8. The molecule has 6 heteroatoms. The Kier molecular flexibility index (Phi) is 5.27. The van der Waals surface area contributed by atoms with Crippen LogP contribution in [0.15, 0.2) is 48.8 Å². The molecule has 134 valence electrons. The summed E-state index contributed by atoms with van der Waals surface area (Å²) in [5.41, 5.74) is -0.136. The monoisotopic (exact) mass is 350 g/mol. The van der Waals surface area contributed by atoms with E-state index >= 15 is 0 Å². The number of benzene rings is 1. The van der Waals surface area contributed by atoms with Crippen molar-refractivity contribution in [3.8, 4) is 5.75 Å². The molecular formula is C19H21F3N2O. The van der Waals surface area contributed by atoms with Crippen molar-refractivity contribution < 1.29 is 17.9 Å². The van der Waals surface area contributed by atoms with Crippen LogP contribution in [-0.2, 0) is 12.6 Å². The van der Waals surface area contributed by atoms with Gasteiger partial charge >= 0.3 is 6.18 Å². The topological polar surface area (TPSA) is 34.1 Å². The van der Waals surface area contributed by atoms with Gasteiger partial charge < -0.3 is 10.1 Å². The Morgan fingerprint density at radius 1 is 1.20 bits per heavy atom. The van der Waals surface area contributed by atoms with Gasteiger partial charge in [0, 0.05) is 18.2 Å². The number of halogens is 3. The van der Waals surface area contributed by atoms with E-state index in [4.69, 9.17) is 4.74 Å². The molecular weight excluding hydrogens is 329 g/mol. The second-order valence-corrected chi connectivity index (χ2v) is 6.63. The normalized spacial score (nSPS) is 21.1. The Morgan fingerprint density at radius 3 is 2.76 bits per heavy atom. The van der Waals surface area contributed by atoms with Gasteiger partial charge in [0.05, 0.1) is 18.4 Å². The second-order valence-electron chi connectivity index (χ2n) is 6.63. The highest BCUT2D eigenvalue weighted by atomic mass is 19.4. The molecule has 1 aliphatic rings. The van der Waals surface area contributed by atoms with Crippen molar-refractivity contribution in [1.82, 2.24) is 10.3 Å². The molecule has 0 bridgehead atoms. The molecule has 1 N–H and O–H groups in total. The molecule has 0 aliphatic carbocycles. The van der Waals surface area contributed by atoms with Crippen LogP contribution in [0.2, 0.25) is 0 Å². The Morgan fingerprint density at radius 2 is 2.08 bits per heavy atom. The van der Waals surface area contributed by atoms with Gasteiger partial charge in [0.1, 0.15) is 5.75 Å². The summed E-state index contributed by atoms with van der Waals surface area (Å²) >= 11 is 0. The number of nitrogens with zero attached hydrogens (tertiary/aromatic N) is 1. The maximum atomic E-state index is 13.0. The standard InChI is InChI=1S/C19H21F3N2O/c20-19(21,22)16-5-1-4-15(10-16)11-18(7-3-9-24-13-18)14-25-17-6-2-8-23-12-17/h1-2,4-6,8,10,12,24H,3,7,9,11,13-14H2. The maximum absolute atomic E-state index is 13.0. The molecule has 3 nitrogen and oxygen atoms in total. The number of piperidine rings is 1. The van der Waals surface area contributed by atoms with E-state index in [0.717, 1.165) is 32.0 Å². The summed E-state index contributed by atoms with van der Waals surface area (Å²) in [5.74, 6) is 0.677. The smallest absolute Gasteiger partial charge is 0.416 e. The van der Waals surface area contributed by atoms with Crippen LogP contribution in [0.5, 0.6) is 5.75 Å². The van der Waals surface area contributed by atoms with Crippen LogP contribution < -0.4 is 10.1 Å². The van der Waals surface area contributed by atoms with E-state index in [1.165, 1.54) is 12.1 Å². The first kappa shape index (κ1) is 17.7. The molecule has 2 heterocycles. The molecule has 1 aromatic carbocycles. The average molecular weight is 350 g/mol. The molecule has 1 aromatic heterocycles. The van der Waals surface area contributed by atoms with Crippen molar-refractivity contribution in [2.75, 3.05) is 19.7 Å². The van der Waals surface area contributed by atoms with Crippen molar-refractivity contribution >= 4 is 0 Å². The van der Waals surface area contributed by atoms with Crippen LogP contribution in [0.4, 0.5) is 13.2 Å². The molecule has 1 atom stereocenters. The number of alkyl halides is 3. The minimum absolute atomic E-state index is 0.224. The largest absolute Gasteiger partial charge is 0.491 e. The van der Waals surface area contributed by atoms with Gasteiger partial charge in [-0.25, -0.2) is 0 Å². The van der Waals surface area contributed by atoms with Gasteiger partial charge in [0.15, 0.2) is 0 Å². The van der Waals surface area contributed by atoms with E-state index < -0.39 is 11.7 Å². The first-order valence-corrected chi connectivity index (χ1v) is 8.37. The maximum Gasteiger partial charge on any atom is 0.416 e. The number of rotatable bonds is 5. The van der Waals surface area contributed by atoms with Crippen LogP contribution >= 0.6 is 0 Å². The summed E-state index contributed by atoms with van der Waals surface area (Å²) in [6.07, 6.45) is 1.44. The number of pyridine rings is 1. The number of hydrogen-bond acceptors (Lipinski definition) is 3. The van der Waals surface area contributed by atoms with E-state index in [1.807, 2.05) is 6.07 Å². The van der Waals surface area contributed by atoms with Crippen LogP contribution in [0.25, 0.3) is 0 Å². The molecule has 3 rings (SSSR count). The zero-order valence-corrected chi connectivity index (χ0v) is 13.9. The highest BCUT2D eigenvalue weighted by molar-refractivity contribution is 5.27. The molecule has 1 aliphatic heterocycles. The molecule has 1 saturated heterocycles. The number of ether oxygens (including phenoxy) is 1. The van der Waals surface area contributed by atoms with E-state index in [-0.39, 0.29) is 5.41 Å². The lowest BCUT2D eigenvalue weighted by Gasteiger charge is -2.37. The Balaban J connectivity index is 1.76. The van der Waals surface area contributed by atoms with Gasteiger partial charge in [0.2, 0.25) is 0 Å². The fourth-order valence-corrected chi connectivity index (χ4v) is 3.31. The zero-order valence-electron chi connectivity index (χ0n) is 13.9. The van der Waals surface area contributed by atoms with Crippen LogP contribution in [0, 0.1) is 5.41 Å². The van der Waals surface area contributed by atoms with Crippen LogP contribution in [-0.4, -0.2) is 24.7 Å². The first-order valence-electron chi connectivity index (χ1n) is 8.37. The summed E-state index contributed by atoms with van der Waals surface area (Å²) in [4.78, 5) is 4.03. The Labute approximate surface area is 145 Å². The highest BCUT2D eigenvalue weighted by Gasteiger charge is 2.35. The molecule has 25 heavy (non-hydrogen) atoms. The summed E-state index contributed by atoms with van der Waals surface area (Å²) in [6, 6.07) is 9.23. The SMILES string of the molecule is FC(F)(F)c1cccc(CC2(COc3cccnc3)CCCNC2)c1. The second kappa shape index (κ2) is 7.44. The summed E-state index contributed by atoms with van der Waals surface area (Å²) in [6.45, 7) is 2.10. The van der Waals surface area contributed by atoms with Gasteiger partial charge in [-0.05, 0) is 49.6 Å². The predicted molar refractivity (Wildman–Crippen MR) is 89.4 cm³/mol. The number of aromatic nitrogens is 1. The summed E-state index contributed by atoms with van der Waals surface area (Å²) in [5, 5.41) is 3.36. The Hall–Kier alpha value is -2.08. The molecule has 0 spiro atoms. The van der Waals surface area contributed by atoms with Crippen LogP contribution in [0.3, 0.4) is 0 Å². The quantitative estimate of drug-likeness (QED) is 0.882. The fraction of sp³-hybridized carbons (Fsp3) is 0.421. The van der Waals surface area contributed by atoms with Gasteiger partial charge in [-0.15, -0.1) is 0 Å². The van der Waals surface area contributed by atoms with Crippen molar-refractivity contribution in [3.63, 3.8) is 0 Å². The number of hydrogen-bond donors (Lipinski definition) is 1. The fourth-order valence-electron chi connectivity index (χ4n) is 3.31. The van der Waals surface area contributed by atoms with E-state index in [0.29, 0.717) is 24.3 Å². The molecule has 0 amide bonds. The van der Waals surface area contributed by atoms with Gasteiger partial charge in [-0.2, -0.15) is 13.2 Å². The van der Waals surface area contributed by atoms with Crippen molar-refractivity contribution in [1.29, 1.82) is 0 Å². The predicted octanol–water partition coefficient (Wildman–Crippen LogP) is 4.09. The first-order chi connectivity index (χ1) is 12.0. The van der Waals surface area contributed by atoms with E-state index in [2.05, 4.69) is 10.3 Å². The Bertz CT molecular complexity index is 683. The van der Waals surface area contributed by atoms with Crippen LogP contribution in [0.1, 0.15) is 24.0 Å². The zero-order chi connectivity index (χ0) is 17.8. The van der Waals surface area contributed by atoms with Crippen molar-refractivity contribution in [2.45, 2.75) is 25.4 Å². The van der Waals surface area contributed by atoms with Crippen molar-refractivity contribution in [2.24, 2.45) is 5.41 Å². The van der Waals surface area contributed by atoms with E-state index in [1.54, 1.807) is 24.5 Å². The molecule has 1 unspecified atom stereocenters. The molecule has 2 aromatic rings. The van der Waals surface area contributed by atoms with Gasteiger partial charge in [-0.3, -0.25) is 4.98 Å². The lowest BCUT2D eigenvalue weighted by Crippen LogP contribution is -2.45. The minimum Gasteiger partial charge on any atom is -0.491 e. The molecule has 1 fully saturated rings. The molecule has 0 saturated carbocycles. The minimum atomic E-state index is -4.32. The van der Waals surface area contributed by atoms with E-state index in [9.17, 15) is 13.2 Å². The third kappa shape index (κ3) is 4.72. The highest BCUT2D eigenvalue weighted by Crippen LogP contribution is 2.34. The number of nitrogens with one attached hydrogen (secondary N) is 1. The van der Waals surface area contributed by atoms with Gasteiger partial charge in [0.25, 0.3) is 0 Å². The van der Waals surface area contributed by atoms with Crippen molar-refractivity contribution in [3.05, 3.63) is 59.9 Å². The average Bonchev–Trinajstić information content (AvgIpc) is 2.61. The lowest BCUT2D eigenvalue weighted by molar-refractivity contribution is -0.137.